The number of nitrogens with zero attached hydrogens (tertiary/aromatic N) is 2. The van der Waals surface area contributed by atoms with E-state index in [1.165, 1.54) is 11.3 Å². The Balaban J connectivity index is 2.22. The maximum Gasteiger partial charge on any atom is 0.299 e. The molecule has 1 heterocycles. The summed E-state index contributed by atoms with van der Waals surface area (Å²) >= 11 is 4.75. The lowest BCUT2D eigenvalue weighted by Crippen LogP contribution is -1.94. The van der Waals surface area contributed by atoms with Crippen LogP contribution in [0.15, 0.2) is 22.7 Å². The van der Waals surface area contributed by atoms with Crippen LogP contribution < -0.4 is 10.5 Å². The van der Waals surface area contributed by atoms with Crippen molar-refractivity contribution in [1.82, 2.24) is 10.2 Å². The number of rotatable bonds is 3. The maximum atomic E-state index is 5.63. The van der Waals surface area contributed by atoms with Gasteiger partial charge in [-0.05, 0) is 24.6 Å². The molecule has 0 bridgehead atoms. The van der Waals surface area contributed by atoms with Crippen LogP contribution in [0, 0.1) is 6.92 Å². The number of benzene rings is 1. The lowest BCUT2D eigenvalue weighted by Gasteiger charge is -2.04. The Bertz CT molecular complexity index is 501. The lowest BCUT2D eigenvalue weighted by molar-refractivity contribution is 0.469. The van der Waals surface area contributed by atoms with E-state index in [1.54, 1.807) is 0 Å². The Hall–Kier alpha value is -0.980. The van der Waals surface area contributed by atoms with Crippen molar-refractivity contribution in [2.75, 3.05) is 0 Å². The molecular weight excluding hydrogens is 290 g/mol. The van der Waals surface area contributed by atoms with Crippen LogP contribution in [-0.2, 0) is 6.54 Å². The van der Waals surface area contributed by atoms with Gasteiger partial charge < -0.3 is 10.5 Å². The molecule has 0 aliphatic rings. The zero-order valence-electron chi connectivity index (χ0n) is 8.61. The molecule has 0 atom stereocenters. The fourth-order valence-corrected chi connectivity index (χ4v) is 2.06. The van der Waals surface area contributed by atoms with Crippen molar-refractivity contribution in [3.63, 3.8) is 0 Å². The molecule has 6 heteroatoms. The van der Waals surface area contributed by atoms with E-state index in [9.17, 15) is 0 Å². The van der Waals surface area contributed by atoms with Crippen LogP contribution in [-0.4, -0.2) is 10.2 Å². The van der Waals surface area contributed by atoms with Crippen molar-refractivity contribution >= 4 is 27.3 Å². The van der Waals surface area contributed by atoms with Gasteiger partial charge in [-0.2, -0.15) is 0 Å². The van der Waals surface area contributed by atoms with Gasteiger partial charge in [0.25, 0.3) is 5.19 Å². The van der Waals surface area contributed by atoms with Gasteiger partial charge in [0.15, 0.2) is 0 Å². The average molecular weight is 300 g/mol. The first kappa shape index (κ1) is 11.5. The predicted molar refractivity (Wildman–Crippen MR) is 66.8 cm³/mol. The first-order valence-corrected chi connectivity index (χ1v) is 6.26. The van der Waals surface area contributed by atoms with E-state index in [1.807, 2.05) is 25.1 Å². The van der Waals surface area contributed by atoms with Gasteiger partial charge in [-0.25, -0.2) is 0 Å². The van der Waals surface area contributed by atoms with E-state index in [0.29, 0.717) is 11.7 Å². The number of hydrogen-bond acceptors (Lipinski definition) is 5. The monoisotopic (exact) mass is 299 g/mol. The highest BCUT2D eigenvalue weighted by Gasteiger charge is 2.07. The summed E-state index contributed by atoms with van der Waals surface area (Å²) in [6.45, 7) is 2.37. The van der Waals surface area contributed by atoms with Gasteiger partial charge in [-0.15, -0.1) is 5.10 Å². The van der Waals surface area contributed by atoms with Gasteiger partial charge in [0.2, 0.25) is 0 Å². The van der Waals surface area contributed by atoms with Crippen LogP contribution in [0.25, 0.3) is 0 Å². The molecule has 2 N–H and O–H groups in total. The molecule has 0 aliphatic carbocycles. The molecule has 4 nitrogen and oxygen atoms in total. The maximum absolute atomic E-state index is 5.63. The standard InChI is InChI=1S/C10H10BrN3OS/c1-6-2-3-7(11)4-8(6)15-10-14-13-9(5-12)16-10/h2-4H,5,12H2,1H3. The third kappa shape index (κ3) is 2.58. The number of aromatic nitrogens is 2. The van der Waals surface area contributed by atoms with Gasteiger partial charge in [-0.1, -0.05) is 38.4 Å². The highest BCUT2D eigenvalue weighted by Crippen LogP contribution is 2.29. The summed E-state index contributed by atoms with van der Waals surface area (Å²) in [6.07, 6.45) is 0. The van der Waals surface area contributed by atoms with E-state index in [0.717, 1.165) is 20.8 Å². The van der Waals surface area contributed by atoms with E-state index >= 15 is 0 Å². The Morgan fingerprint density at radius 2 is 2.25 bits per heavy atom. The van der Waals surface area contributed by atoms with Crippen molar-refractivity contribution in [2.24, 2.45) is 5.73 Å². The molecule has 0 amide bonds. The van der Waals surface area contributed by atoms with Crippen LogP contribution in [0.2, 0.25) is 0 Å². The van der Waals surface area contributed by atoms with Gasteiger partial charge in [0.05, 0.1) is 0 Å². The summed E-state index contributed by atoms with van der Waals surface area (Å²) < 4.78 is 6.60. The number of ether oxygens (including phenoxy) is 1. The summed E-state index contributed by atoms with van der Waals surface area (Å²) in [7, 11) is 0. The lowest BCUT2D eigenvalue weighted by atomic mass is 10.2. The quantitative estimate of drug-likeness (QED) is 0.947. The molecule has 0 aliphatic heterocycles. The highest BCUT2D eigenvalue weighted by molar-refractivity contribution is 9.10. The van der Waals surface area contributed by atoms with E-state index in [-0.39, 0.29) is 0 Å². The summed E-state index contributed by atoms with van der Waals surface area (Å²) in [6, 6.07) is 5.84. The average Bonchev–Trinajstić information content (AvgIpc) is 2.71. The molecule has 1 aromatic heterocycles. The minimum Gasteiger partial charge on any atom is -0.429 e. The summed E-state index contributed by atoms with van der Waals surface area (Å²) in [5, 5.41) is 9.08. The molecule has 0 spiro atoms. The molecule has 2 rings (SSSR count). The zero-order valence-corrected chi connectivity index (χ0v) is 11.0. The Kier molecular flexibility index (Phi) is 3.52. The third-order valence-corrected chi connectivity index (χ3v) is 3.29. The Morgan fingerprint density at radius 1 is 1.44 bits per heavy atom. The zero-order chi connectivity index (χ0) is 11.5. The van der Waals surface area contributed by atoms with Crippen LogP contribution >= 0.6 is 27.3 Å². The molecule has 0 radical (unpaired) electrons. The van der Waals surface area contributed by atoms with Gasteiger partial charge in [-0.3, -0.25) is 0 Å². The molecule has 1 aromatic carbocycles. The van der Waals surface area contributed by atoms with Crippen molar-refractivity contribution < 1.29 is 4.74 Å². The Labute approximate surface area is 106 Å². The minimum absolute atomic E-state index is 0.387. The topological polar surface area (TPSA) is 61.0 Å². The van der Waals surface area contributed by atoms with E-state index in [2.05, 4.69) is 26.1 Å². The van der Waals surface area contributed by atoms with Crippen LogP contribution in [0.5, 0.6) is 10.9 Å². The smallest absolute Gasteiger partial charge is 0.299 e. The SMILES string of the molecule is Cc1ccc(Br)cc1Oc1nnc(CN)s1. The molecule has 0 saturated carbocycles. The van der Waals surface area contributed by atoms with Gasteiger partial charge >= 0.3 is 0 Å². The second-order valence-electron chi connectivity index (χ2n) is 3.18. The number of aryl methyl sites for hydroxylation is 1. The number of halogens is 1. The van der Waals surface area contributed by atoms with E-state index in [4.69, 9.17) is 10.5 Å². The van der Waals surface area contributed by atoms with Crippen molar-refractivity contribution in [1.29, 1.82) is 0 Å². The highest BCUT2D eigenvalue weighted by atomic mass is 79.9. The van der Waals surface area contributed by atoms with Crippen LogP contribution in [0.4, 0.5) is 0 Å². The molecule has 16 heavy (non-hydrogen) atoms. The molecule has 84 valence electrons. The van der Waals surface area contributed by atoms with Crippen LogP contribution in [0.1, 0.15) is 10.6 Å². The minimum atomic E-state index is 0.387. The van der Waals surface area contributed by atoms with Gasteiger partial charge in [0, 0.05) is 11.0 Å². The Morgan fingerprint density at radius 3 is 2.94 bits per heavy atom. The third-order valence-electron chi connectivity index (χ3n) is 1.97. The first-order chi connectivity index (χ1) is 7.69. The van der Waals surface area contributed by atoms with Gasteiger partial charge in [0.1, 0.15) is 10.8 Å². The van der Waals surface area contributed by atoms with E-state index < -0.39 is 0 Å². The second-order valence-corrected chi connectivity index (χ2v) is 5.12. The first-order valence-electron chi connectivity index (χ1n) is 4.65. The van der Waals surface area contributed by atoms with Crippen LogP contribution in [0.3, 0.4) is 0 Å². The van der Waals surface area contributed by atoms with Crippen molar-refractivity contribution in [3.05, 3.63) is 33.2 Å². The predicted octanol–water partition coefficient (Wildman–Crippen LogP) is 2.86. The number of hydrogen-bond donors (Lipinski definition) is 1. The molecule has 0 fully saturated rings. The second kappa shape index (κ2) is 4.90. The fourth-order valence-electron chi connectivity index (χ4n) is 1.14. The fraction of sp³-hybridized carbons (Fsp3) is 0.200. The summed E-state index contributed by atoms with van der Waals surface area (Å²) in [5.41, 5.74) is 6.50. The van der Waals surface area contributed by atoms with Crippen molar-refractivity contribution in [3.8, 4) is 10.9 Å². The van der Waals surface area contributed by atoms with Crippen molar-refractivity contribution in [2.45, 2.75) is 13.5 Å². The summed E-state index contributed by atoms with van der Waals surface area (Å²) in [5.74, 6) is 0.772. The summed E-state index contributed by atoms with van der Waals surface area (Å²) in [4.78, 5) is 0. The molecular formula is C10H10BrN3OS. The number of nitrogens with two attached hydrogens (primary N) is 1. The molecule has 0 unspecified atom stereocenters. The molecule has 2 aromatic rings. The molecule has 0 saturated heterocycles. The normalized spacial score (nSPS) is 10.4. The largest absolute Gasteiger partial charge is 0.429 e.